The zero-order chi connectivity index (χ0) is 16.7. The van der Waals surface area contributed by atoms with Crippen LogP contribution in [-0.4, -0.2) is 73.5 Å². The second kappa shape index (κ2) is 9.23. The first kappa shape index (κ1) is 18.2. The molecule has 2 amide bonds. The number of rotatable bonds is 6. The molecule has 1 aliphatic carbocycles. The van der Waals surface area contributed by atoms with Crippen molar-refractivity contribution >= 4 is 11.8 Å². The van der Waals surface area contributed by atoms with Gasteiger partial charge in [-0.3, -0.25) is 19.4 Å². The summed E-state index contributed by atoms with van der Waals surface area (Å²) in [7, 11) is 0. The Balaban J connectivity index is 1.63. The lowest BCUT2D eigenvalue weighted by molar-refractivity contribution is -0.125. The molecule has 0 aromatic heterocycles. The number of nitrogens with zero attached hydrogens (tertiary/aromatic N) is 2. The highest BCUT2D eigenvalue weighted by Crippen LogP contribution is 2.23. The first-order chi connectivity index (χ1) is 11.1. The number of hydrogen-bond donors (Lipinski definition) is 2. The van der Waals surface area contributed by atoms with Crippen molar-refractivity contribution in [1.82, 2.24) is 20.4 Å². The topological polar surface area (TPSA) is 64.7 Å². The zero-order valence-corrected chi connectivity index (χ0v) is 14.6. The van der Waals surface area contributed by atoms with Crippen LogP contribution >= 0.6 is 0 Å². The van der Waals surface area contributed by atoms with Gasteiger partial charge >= 0.3 is 0 Å². The molecule has 6 heteroatoms. The van der Waals surface area contributed by atoms with Crippen molar-refractivity contribution < 1.29 is 9.59 Å². The van der Waals surface area contributed by atoms with Crippen LogP contribution in [0.25, 0.3) is 0 Å². The number of likely N-dealkylation sites (N-methyl/N-ethyl adjacent to an activating group) is 1. The van der Waals surface area contributed by atoms with Crippen molar-refractivity contribution in [2.45, 2.75) is 45.6 Å². The third-order valence-electron chi connectivity index (χ3n) is 4.87. The van der Waals surface area contributed by atoms with Crippen LogP contribution in [0.15, 0.2) is 0 Å². The van der Waals surface area contributed by atoms with E-state index in [9.17, 15) is 9.59 Å². The van der Waals surface area contributed by atoms with Gasteiger partial charge in [-0.05, 0) is 25.7 Å². The van der Waals surface area contributed by atoms with E-state index in [-0.39, 0.29) is 11.8 Å². The molecule has 0 bridgehead atoms. The summed E-state index contributed by atoms with van der Waals surface area (Å²) in [5.41, 5.74) is 0. The number of nitrogens with one attached hydrogen (secondary N) is 2. The van der Waals surface area contributed by atoms with Gasteiger partial charge in [-0.1, -0.05) is 19.8 Å². The van der Waals surface area contributed by atoms with Crippen LogP contribution < -0.4 is 10.6 Å². The summed E-state index contributed by atoms with van der Waals surface area (Å²) in [6.45, 7) is 9.25. The minimum Gasteiger partial charge on any atom is -0.355 e. The Hall–Kier alpha value is -1.14. The van der Waals surface area contributed by atoms with Crippen molar-refractivity contribution in [3.05, 3.63) is 0 Å². The molecule has 0 radical (unpaired) electrons. The Morgan fingerprint density at radius 1 is 1.00 bits per heavy atom. The fraction of sp³-hybridized carbons (Fsp3) is 0.882. The molecule has 2 rings (SSSR count). The molecule has 1 heterocycles. The van der Waals surface area contributed by atoms with Gasteiger partial charge in [0, 0.05) is 38.8 Å². The molecular formula is C17H32N4O2. The summed E-state index contributed by atoms with van der Waals surface area (Å²) < 4.78 is 0. The number of hydrogen-bond acceptors (Lipinski definition) is 4. The van der Waals surface area contributed by atoms with Crippen LogP contribution in [0.4, 0.5) is 0 Å². The third-order valence-corrected chi connectivity index (χ3v) is 4.87. The van der Waals surface area contributed by atoms with Gasteiger partial charge in [-0.2, -0.15) is 0 Å². The largest absolute Gasteiger partial charge is 0.355 e. The predicted octanol–water partition coefficient (Wildman–Crippen LogP) is 0.435. The monoisotopic (exact) mass is 324 g/mol. The molecule has 2 fully saturated rings. The van der Waals surface area contributed by atoms with Crippen molar-refractivity contribution in [2.24, 2.45) is 5.92 Å². The van der Waals surface area contributed by atoms with Crippen LogP contribution in [-0.2, 0) is 9.59 Å². The summed E-state index contributed by atoms with van der Waals surface area (Å²) in [6.07, 6.45) is 4.76. The highest BCUT2D eigenvalue weighted by Gasteiger charge is 2.23. The number of amides is 2. The lowest BCUT2D eigenvalue weighted by Gasteiger charge is -2.34. The first-order valence-electron chi connectivity index (χ1n) is 9.07. The van der Waals surface area contributed by atoms with Crippen molar-refractivity contribution in [2.75, 3.05) is 45.8 Å². The highest BCUT2D eigenvalue weighted by molar-refractivity contribution is 5.78. The van der Waals surface area contributed by atoms with Gasteiger partial charge in [0.1, 0.15) is 0 Å². The van der Waals surface area contributed by atoms with E-state index >= 15 is 0 Å². The average Bonchev–Trinajstić information content (AvgIpc) is 2.49. The number of piperazine rings is 1. The normalized spacial score (nSPS) is 26.7. The van der Waals surface area contributed by atoms with E-state index in [2.05, 4.69) is 27.4 Å². The predicted molar refractivity (Wildman–Crippen MR) is 91.1 cm³/mol. The summed E-state index contributed by atoms with van der Waals surface area (Å²) in [6, 6.07) is 0.366. The maximum atomic E-state index is 12.2. The van der Waals surface area contributed by atoms with Crippen molar-refractivity contribution in [3.8, 4) is 0 Å². The van der Waals surface area contributed by atoms with Gasteiger partial charge in [0.05, 0.1) is 13.1 Å². The Kier molecular flexibility index (Phi) is 7.30. The summed E-state index contributed by atoms with van der Waals surface area (Å²) in [5, 5.41) is 6.03. The van der Waals surface area contributed by atoms with E-state index in [1.807, 2.05) is 6.92 Å². The molecule has 2 unspecified atom stereocenters. The third kappa shape index (κ3) is 6.47. The molecule has 0 aromatic rings. The van der Waals surface area contributed by atoms with E-state index in [1.54, 1.807) is 0 Å². The van der Waals surface area contributed by atoms with Crippen LogP contribution in [0.2, 0.25) is 0 Å². The van der Waals surface area contributed by atoms with Gasteiger partial charge in [0.2, 0.25) is 11.8 Å². The van der Waals surface area contributed by atoms with E-state index in [4.69, 9.17) is 0 Å². The van der Waals surface area contributed by atoms with Crippen LogP contribution in [0, 0.1) is 5.92 Å². The molecule has 2 atom stereocenters. The molecule has 2 aliphatic rings. The van der Waals surface area contributed by atoms with E-state index < -0.39 is 0 Å². The van der Waals surface area contributed by atoms with Crippen LogP contribution in [0.1, 0.15) is 39.5 Å². The minimum atomic E-state index is 0.0881. The Bertz CT molecular complexity index is 394. The fourth-order valence-electron chi connectivity index (χ4n) is 3.60. The second-order valence-corrected chi connectivity index (χ2v) is 7.04. The fourth-order valence-corrected chi connectivity index (χ4v) is 3.60. The molecule has 0 aromatic carbocycles. The molecule has 23 heavy (non-hydrogen) atoms. The maximum Gasteiger partial charge on any atom is 0.234 e. The standard InChI is InChI=1S/C17H32N4O2/c1-3-18-16(22)12-20-7-9-21(10-8-20)13-17(23)19-15-6-4-5-14(2)11-15/h14-15H,3-13H2,1-2H3,(H,18,22)(H,19,23). The molecule has 6 nitrogen and oxygen atoms in total. The summed E-state index contributed by atoms with van der Waals surface area (Å²) >= 11 is 0. The molecule has 0 spiro atoms. The zero-order valence-electron chi connectivity index (χ0n) is 14.6. The molecule has 1 aliphatic heterocycles. The lowest BCUT2D eigenvalue weighted by atomic mass is 9.87. The average molecular weight is 324 g/mol. The highest BCUT2D eigenvalue weighted by atomic mass is 16.2. The Morgan fingerprint density at radius 3 is 2.17 bits per heavy atom. The van der Waals surface area contributed by atoms with Crippen molar-refractivity contribution in [1.29, 1.82) is 0 Å². The van der Waals surface area contributed by atoms with Gasteiger partial charge in [-0.25, -0.2) is 0 Å². The van der Waals surface area contributed by atoms with Crippen LogP contribution in [0.5, 0.6) is 0 Å². The van der Waals surface area contributed by atoms with Crippen molar-refractivity contribution in [3.63, 3.8) is 0 Å². The number of carbonyl (C=O) groups is 2. The van der Waals surface area contributed by atoms with Crippen LogP contribution in [0.3, 0.4) is 0 Å². The Morgan fingerprint density at radius 2 is 1.61 bits per heavy atom. The number of carbonyl (C=O) groups excluding carboxylic acids is 2. The molecule has 1 saturated heterocycles. The maximum absolute atomic E-state index is 12.2. The summed E-state index contributed by atoms with van der Waals surface area (Å²) in [5.74, 6) is 0.971. The second-order valence-electron chi connectivity index (χ2n) is 7.04. The lowest BCUT2D eigenvalue weighted by Crippen LogP contribution is -2.52. The van der Waals surface area contributed by atoms with E-state index in [0.29, 0.717) is 25.7 Å². The Labute approximate surface area is 140 Å². The molecular weight excluding hydrogens is 292 g/mol. The van der Waals surface area contributed by atoms with Gasteiger partial charge in [-0.15, -0.1) is 0 Å². The van der Waals surface area contributed by atoms with E-state index in [1.165, 1.54) is 12.8 Å². The summed E-state index contributed by atoms with van der Waals surface area (Å²) in [4.78, 5) is 28.1. The SMILES string of the molecule is CCNC(=O)CN1CCN(CC(=O)NC2CCCC(C)C2)CC1. The molecule has 1 saturated carbocycles. The van der Waals surface area contributed by atoms with Gasteiger partial charge < -0.3 is 10.6 Å². The van der Waals surface area contributed by atoms with Gasteiger partial charge in [0.25, 0.3) is 0 Å². The van der Waals surface area contributed by atoms with Gasteiger partial charge in [0.15, 0.2) is 0 Å². The quantitative estimate of drug-likeness (QED) is 0.744. The molecule has 2 N–H and O–H groups in total. The first-order valence-corrected chi connectivity index (χ1v) is 9.07. The molecule has 132 valence electrons. The smallest absolute Gasteiger partial charge is 0.234 e. The minimum absolute atomic E-state index is 0.0881. The van der Waals surface area contributed by atoms with E-state index in [0.717, 1.165) is 44.9 Å².